The molecule has 0 heterocycles. The van der Waals surface area contributed by atoms with Gasteiger partial charge in [-0.3, -0.25) is 14.4 Å². The van der Waals surface area contributed by atoms with Crippen LogP contribution in [0.2, 0.25) is 0 Å². The molecule has 0 aromatic rings. The molecule has 0 spiro atoms. The molecule has 6 heteroatoms. The number of carboxylic acids is 1. The van der Waals surface area contributed by atoms with Crippen molar-refractivity contribution in [3.8, 4) is 0 Å². The Morgan fingerprint density at radius 2 is 1.07 bits per heavy atom. The Balaban J connectivity index is 3.24. The minimum absolute atomic E-state index is 0.0317. The number of nitrogens with one attached hydrogen (secondary N) is 1. The SMILES string of the molecule is C[C@H](NC(=O)CCCCCCCCCCCCCCCCC(=O)O)C(=O)CN. The number of hydrogen-bond donors (Lipinski definition) is 3. The summed E-state index contributed by atoms with van der Waals surface area (Å²) in [7, 11) is 0. The molecule has 0 saturated heterocycles. The van der Waals surface area contributed by atoms with Crippen LogP contribution in [-0.4, -0.2) is 35.4 Å². The first-order chi connectivity index (χ1) is 13.5. The smallest absolute Gasteiger partial charge is 0.303 e. The van der Waals surface area contributed by atoms with Crippen molar-refractivity contribution in [3.63, 3.8) is 0 Å². The topological polar surface area (TPSA) is 109 Å². The summed E-state index contributed by atoms with van der Waals surface area (Å²) < 4.78 is 0. The summed E-state index contributed by atoms with van der Waals surface area (Å²) in [6.45, 7) is 1.64. The Hall–Kier alpha value is -1.43. The van der Waals surface area contributed by atoms with Crippen molar-refractivity contribution in [1.82, 2.24) is 5.32 Å². The van der Waals surface area contributed by atoms with Crippen LogP contribution < -0.4 is 11.1 Å². The molecule has 0 rings (SSSR count). The van der Waals surface area contributed by atoms with Crippen LogP contribution in [0.1, 0.15) is 110 Å². The molecule has 0 radical (unpaired) electrons. The van der Waals surface area contributed by atoms with Gasteiger partial charge in [-0.2, -0.15) is 0 Å². The Labute approximate surface area is 171 Å². The van der Waals surface area contributed by atoms with Crippen LogP contribution in [0, 0.1) is 0 Å². The lowest BCUT2D eigenvalue weighted by Crippen LogP contribution is -2.41. The van der Waals surface area contributed by atoms with E-state index >= 15 is 0 Å². The fourth-order valence-corrected chi connectivity index (χ4v) is 3.25. The molecule has 28 heavy (non-hydrogen) atoms. The minimum atomic E-state index is -0.684. The molecule has 0 aliphatic rings. The van der Waals surface area contributed by atoms with Gasteiger partial charge >= 0.3 is 5.97 Å². The van der Waals surface area contributed by atoms with Crippen LogP contribution in [0.5, 0.6) is 0 Å². The van der Waals surface area contributed by atoms with E-state index in [2.05, 4.69) is 5.32 Å². The largest absolute Gasteiger partial charge is 0.481 e. The summed E-state index contributed by atoms with van der Waals surface area (Å²) in [6.07, 6.45) is 17.1. The highest BCUT2D eigenvalue weighted by Gasteiger charge is 2.13. The molecule has 0 aromatic carbocycles. The number of carboxylic acid groups (broad SMARTS) is 1. The Morgan fingerprint density at radius 3 is 1.43 bits per heavy atom. The highest BCUT2D eigenvalue weighted by molar-refractivity contribution is 5.89. The zero-order valence-corrected chi connectivity index (χ0v) is 17.8. The van der Waals surface area contributed by atoms with E-state index in [-0.39, 0.29) is 18.2 Å². The maximum Gasteiger partial charge on any atom is 0.303 e. The lowest BCUT2D eigenvalue weighted by molar-refractivity contribution is -0.137. The van der Waals surface area contributed by atoms with Gasteiger partial charge in [0.15, 0.2) is 5.78 Å². The number of aliphatic carboxylic acids is 1. The summed E-state index contributed by atoms with van der Waals surface area (Å²) in [6, 6.07) is -0.477. The molecule has 0 unspecified atom stereocenters. The first kappa shape index (κ1) is 26.6. The number of ketones is 1. The summed E-state index contributed by atoms with van der Waals surface area (Å²) in [5, 5.41) is 11.3. The van der Waals surface area contributed by atoms with Crippen molar-refractivity contribution in [2.45, 2.75) is 116 Å². The molecule has 164 valence electrons. The first-order valence-corrected chi connectivity index (χ1v) is 11.2. The van der Waals surface area contributed by atoms with Gasteiger partial charge in [0.05, 0.1) is 12.6 Å². The maximum atomic E-state index is 11.7. The van der Waals surface area contributed by atoms with Crippen molar-refractivity contribution >= 4 is 17.7 Å². The summed E-state index contributed by atoms with van der Waals surface area (Å²) >= 11 is 0. The second-order valence-corrected chi connectivity index (χ2v) is 7.80. The number of amides is 1. The van der Waals surface area contributed by atoms with Crippen LogP contribution in [0.15, 0.2) is 0 Å². The third kappa shape index (κ3) is 18.0. The molecule has 0 aliphatic carbocycles. The monoisotopic (exact) mass is 398 g/mol. The molecule has 0 saturated carbocycles. The summed E-state index contributed by atoms with van der Waals surface area (Å²) in [5.41, 5.74) is 5.28. The molecular weight excluding hydrogens is 356 g/mol. The molecular formula is C22H42N2O4. The second-order valence-electron chi connectivity index (χ2n) is 7.80. The first-order valence-electron chi connectivity index (χ1n) is 11.2. The van der Waals surface area contributed by atoms with E-state index in [1.165, 1.54) is 57.8 Å². The van der Waals surface area contributed by atoms with E-state index in [4.69, 9.17) is 10.8 Å². The number of carbonyl (C=O) groups excluding carboxylic acids is 2. The lowest BCUT2D eigenvalue weighted by Gasteiger charge is -2.11. The van der Waals surface area contributed by atoms with E-state index in [1.807, 2.05) is 0 Å². The van der Waals surface area contributed by atoms with Crippen molar-refractivity contribution in [2.75, 3.05) is 6.54 Å². The third-order valence-electron chi connectivity index (χ3n) is 5.11. The van der Waals surface area contributed by atoms with Gasteiger partial charge in [0, 0.05) is 12.8 Å². The number of unbranched alkanes of at least 4 members (excludes halogenated alkanes) is 13. The van der Waals surface area contributed by atoms with Gasteiger partial charge in [0.25, 0.3) is 0 Å². The standard InChI is InChI=1S/C22H42N2O4/c1-19(20(25)18-23)24-21(26)16-14-12-10-8-6-4-2-3-5-7-9-11-13-15-17-22(27)28/h19H,2-18,23H2,1H3,(H,24,26)(H,27,28)/t19-/m0/s1. The predicted molar refractivity (Wildman–Crippen MR) is 113 cm³/mol. The molecule has 6 nitrogen and oxygen atoms in total. The van der Waals surface area contributed by atoms with Crippen LogP contribution >= 0.6 is 0 Å². The number of carbonyl (C=O) groups is 3. The van der Waals surface area contributed by atoms with E-state index in [0.29, 0.717) is 12.8 Å². The number of Topliss-reactive ketones (excluding diaryl/α,β-unsaturated/α-hetero) is 1. The maximum absolute atomic E-state index is 11.7. The van der Waals surface area contributed by atoms with E-state index < -0.39 is 12.0 Å². The number of hydrogen-bond acceptors (Lipinski definition) is 4. The highest BCUT2D eigenvalue weighted by Crippen LogP contribution is 2.13. The van der Waals surface area contributed by atoms with E-state index in [0.717, 1.165) is 32.1 Å². The quantitative estimate of drug-likeness (QED) is 0.264. The van der Waals surface area contributed by atoms with Gasteiger partial charge in [-0.15, -0.1) is 0 Å². The van der Waals surface area contributed by atoms with Gasteiger partial charge < -0.3 is 16.2 Å². The van der Waals surface area contributed by atoms with Crippen molar-refractivity contribution in [3.05, 3.63) is 0 Å². The normalized spacial score (nSPS) is 11.9. The van der Waals surface area contributed by atoms with Crippen LogP contribution in [0.25, 0.3) is 0 Å². The zero-order chi connectivity index (χ0) is 21.0. The van der Waals surface area contributed by atoms with Gasteiger partial charge in [0.2, 0.25) is 5.91 Å². The van der Waals surface area contributed by atoms with Gasteiger partial charge in [-0.1, -0.05) is 77.0 Å². The molecule has 1 amide bonds. The average Bonchev–Trinajstić information content (AvgIpc) is 2.66. The third-order valence-corrected chi connectivity index (χ3v) is 5.11. The predicted octanol–water partition coefficient (Wildman–Crippen LogP) is 4.35. The van der Waals surface area contributed by atoms with E-state index in [9.17, 15) is 14.4 Å². The second kappa shape index (κ2) is 18.9. The van der Waals surface area contributed by atoms with E-state index in [1.54, 1.807) is 6.92 Å². The fourth-order valence-electron chi connectivity index (χ4n) is 3.25. The Morgan fingerprint density at radius 1 is 0.714 bits per heavy atom. The summed E-state index contributed by atoms with van der Waals surface area (Å²) in [4.78, 5) is 33.4. The Kier molecular flexibility index (Phi) is 17.9. The van der Waals surface area contributed by atoms with Gasteiger partial charge in [-0.25, -0.2) is 0 Å². The summed E-state index contributed by atoms with van der Waals surface area (Å²) in [5.74, 6) is -0.878. The number of rotatable bonds is 20. The zero-order valence-electron chi connectivity index (χ0n) is 17.8. The average molecular weight is 399 g/mol. The van der Waals surface area contributed by atoms with Gasteiger partial charge in [-0.05, 0) is 19.8 Å². The molecule has 0 bridgehead atoms. The van der Waals surface area contributed by atoms with Crippen LogP contribution in [0.3, 0.4) is 0 Å². The molecule has 1 atom stereocenters. The van der Waals surface area contributed by atoms with Gasteiger partial charge in [0.1, 0.15) is 0 Å². The van der Waals surface area contributed by atoms with Crippen molar-refractivity contribution in [1.29, 1.82) is 0 Å². The van der Waals surface area contributed by atoms with Crippen LogP contribution in [-0.2, 0) is 14.4 Å². The fraction of sp³-hybridized carbons (Fsp3) is 0.864. The molecule has 0 aliphatic heterocycles. The van der Waals surface area contributed by atoms with Crippen molar-refractivity contribution < 1.29 is 19.5 Å². The van der Waals surface area contributed by atoms with Crippen molar-refractivity contribution in [2.24, 2.45) is 5.73 Å². The minimum Gasteiger partial charge on any atom is -0.481 e. The molecule has 4 N–H and O–H groups in total. The van der Waals surface area contributed by atoms with Crippen LogP contribution in [0.4, 0.5) is 0 Å². The molecule has 0 aromatic heterocycles. The lowest BCUT2D eigenvalue weighted by atomic mass is 10.0. The highest BCUT2D eigenvalue weighted by atomic mass is 16.4. The molecule has 0 fully saturated rings. The Bertz CT molecular complexity index is 427. The number of nitrogens with two attached hydrogens (primary N) is 1.